The molecule has 0 N–H and O–H groups in total. The second-order valence-corrected chi connectivity index (χ2v) is 12.6. The van der Waals surface area contributed by atoms with E-state index in [-0.39, 0.29) is 0 Å². The fraction of sp³-hybridized carbons (Fsp3) is 0. The summed E-state index contributed by atoms with van der Waals surface area (Å²) in [6.07, 6.45) is 0. The molecule has 0 aliphatic rings. The Hall–Kier alpha value is -6.64. The molecule has 0 atom stereocenters. The highest BCUT2D eigenvalue weighted by molar-refractivity contribution is 6.17. The van der Waals surface area contributed by atoms with E-state index in [2.05, 4.69) is 216 Å². The second-order valence-electron chi connectivity index (χ2n) is 12.6. The molecular weight excluding hydrogens is 605 g/mol. The van der Waals surface area contributed by atoms with Crippen LogP contribution in [0.25, 0.3) is 43.4 Å². The molecule has 0 amide bonds. The van der Waals surface area contributed by atoms with Crippen LogP contribution in [0.4, 0.5) is 34.1 Å². The Morgan fingerprint density at radius 1 is 0.220 bits per heavy atom. The van der Waals surface area contributed by atoms with Crippen LogP contribution in [0, 0.1) is 0 Å². The largest absolute Gasteiger partial charge is 0.310 e. The quantitative estimate of drug-likeness (QED) is 0.160. The smallest absolute Gasteiger partial charge is 0.0482 e. The summed E-state index contributed by atoms with van der Waals surface area (Å²) >= 11 is 0. The summed E-state index contributed by atoms with van der Waals surface area (Å²) in [5, 5.41) is 7.64. The summed E-state index contributed by atoms with van der Waals surface area (Å²) < 4.78 is 0. The number of fused-ring (bicyclic) bond motifs is 5. The van der Waals surface area contributed by atoms with Gasteiger partial charge in [0, 0.05) is 34.1 Å². The average Bonchev–Trinajstić information content (AvgIpc) is 3.19. The van der Waals surface area contributed by atoms with Crippen molar-refractivity contribution in [2.45, 2.75) is 0 Å². The van der Waals surface area contributed by atoms with Crippen LogP contribution in [0.3, 0.4) is 0 Å². The van der Waals surface area contributed by atoms with Gasteiger partial charge in [0.25, 0.3) is 0 Å². The number of benzene rings is 9. The molecule has 0 saturated heterocycles. The third-order valence-electron chi connectivity index (χ3n) is 9.57. The Labute approximate surface area is 292 Å². The van der Waals surface area contributed by atoms with Crippen LogP contribution in [0.2, 0.25) is 0 Å². The Bertz CT molecular complexity index is 2560. The van der Waals surface area contributed by atoms with Crippen LogP contribution in [0.15, 0.2) is 206 Å². The first-order valence-corrected chi connectivity index (χ1v) is 17.1. The maximum Gasteiger partial charge on any atom is 0.0482 e. The molecule has 2 nitrogen and oxygen atoms in total. The van der Waals surface area contributed by atoms with Crippen LogP contribution in [-0.2, 0) is 0 Å². The number of hydrogen-bond acceptors (Lipinski definition) is 2. The summed E-state index contributed by atoms with van der Waals surface area (Å²) in [6.45, 7) is 0. The first-order valence-electron chi connectivity index (χ1n) is 17.1. The van der Waals surface area contributed by atoms with Gasteiger partial charge in [-0.25, -0.2) is 0 Å². The van der Waals surface area contributed by atoms with Gasteiger partial charge < -0.3 is 9.80 Å². The lowest BCUT2D eigenvalue weighted by Gasteiger charge is -2.29. The van der Waals surface area contributed by atoms with Crippen molar-refractivity contribution in [3.63, 3.8) is 0 Å². The summed E-state index contributed by atoms with van der Waals surface area (Å²) in [6, 6.07) is 74.1. The van der Waals surface area contributed by atoms with E-state index >= 15 is 0 Å². The third kappa shape index (κ3) is 5.43. The Morgan fingerprint density at radius 2 is 0.640 bits per heavy atom. The molecule has 9 aromatic rings. The van der Waals surface area contributed by atoms with Crippen molar-refractivity contribution < 1.29 is 0 Å². The second kappa shape index (κ2) is 12.8. The van der Waals surface area contributed by atoms with Gasteiger partial charge in [0.05, 0.1) is 0 Å². The fourth-order valence-electron chi connectivity index (χ4n) is 7.22. The minimum atomic E-state index is 1.08. The van der Waals surface area contributed by atoms with Crippen molar-refractivity contribution in [1.82, 2.24) is 0 Å². The number of hydrogen-bond donors (Lipinski definition) is 0. The van der Waals surface area contributed by atoms with E-state index < -0.39 is 0 Å². The monoisotopic (exact) mass is 638 g/mol. The van der Waals surface area contributed by atoms with Gasteiger partial charge >= 0.3 is 0 Å². The van der Waals surface area contributed by atoms with E-state index in [1.54, 1.807) is 0 Å². The molecule has 2 heteroatoms. The molecule has 50 heavy (non-hydrogen) atoms. The zero-order chi connectivity index (χ0) is 33.3. The van der Waals surface area contributed by atoms with E-state index in [1.165, 1.54) is 43.4 Å². The standard InChI is InChI=1S/C48H34N2/c1-4-16-39(17-5-1)49(40-18-6-2-7-19-40)43-23-13-24-44(34-43)50(41-20-8-3-9-21-41)42-22-12-15-37(32-42)38-27-26-36-29-30-46-45-25-11-10-14-35(45)28-31-47(46)48(36)33-38/h1-34H. The maximum atomic E-state index is 2.36. The zero-order valence-corrected chi connectivity index (χ0v) is 27.5. The molecule has 9 rings (SSSR count). The molecule has 0 aliphatic carbocycles. The molecule has 0 spiro atoms. The van der Waals surface area contributed by atoms with Crippen molar-refractivity contribution in [2.24, 2.45) is 0 Å². The molecule has 0 heterocycles. The van der Waals surface area contributed by atoms with E-state index in [9.17, 15) is 0 Å². The van der Waals surface area contributed by atoms with Crippen molar-refractivity contribution in [1.29, 1.82) is 0 Å². The highest BCUT2D eigenvalue weighted by Crippen LogP contribution is 2.41. The molecule has 0 radical (unpaired) electrons. The minimum absolute atomic E-state index is 1.08. The molecule has 0 unspecified atom stereocenters. The van der Waals surface area contributed by atoms with Crippen LogP contribution in [0.1, 0.15) is 0 Å². The lowest BCUT2D eigenvalue weighted by molar-refractivity contribution is 1.25. The first kappa shape index (κ1) is 29.5. The average molecular weight is 639 g/mol. The minimum Gasteiger partial charge on any atom is -0.310 e. The Kier molecular flexibility index (Phi) is 7.53. The lowest BCUT2D eigenvalue weighted by Crippen LogP contribution is -2.13. The maximum absolute atomic E-state index is 2.36. The van der Waals surface area contributed by atoms with E-state index in [4.69, 9.17) is 0 Å². The van der Waals surface area contributed by atoms with Gasteiger partial charge in [-0.15, -0.1) is 0 Å². The highest BCUT2D eigenvalue weighted by Gasteiger charge is 2.17. The molecule has 9 aromatic carbocycles. The van der Waals surface area contributed by atoms with Crippen LogP contribution < -0.4 is 9.80 Å². The third-order valence-corrected chi connectivity index (χ3v) is 9.57. The number of rotatable bonds is 7. The lowest BCUT2D eigenvalue weighted by atomic mass is 9.94. The van der Waals surface area contributed by atoms with Crippen molar-refractivity contribution in [3.8, 4) is 11.1 Å². The van der Waals surface area contributed by atoms with Gasteiger partial charge in [-0.05, 0) is 116 Å². The van der Waals surface area contributed by atoms with Gasteiger partial charge in [-0.2, -0.15) is 0 Å². The predicted molar refractivity (Wildman–Crippen MR) is 214 cm³/mol. The normalized spacial score (nSPS) is 11.2. The van der Waals surface area contributed by atoms with Crippen molar-refractivity contribution in [2.75, 3.05) is 9.80 Å². The van der Waals surface area contributed by atoms with Gasteiger partial charge in [0.1, 0.15) is 0 Å². The fourth-order valence-corrected chi connectivity index (χ4v) is 7.22. The van der Waals surface area contributed by atoms with E-state index in [1.807, 2.05) is 0 Å². The molecular formula is C48H34N2. The molecule has 0 bridgehead atoms. The number of anilines is 6. The van der Waals surface area contributed by atoms with Gasteiger partial charge in [0.2, 0.25) is 0 Å². The van der Waals surface area contributed by atoms with Crippen LogP contribution in [-0.4, -0.2) is 0 Å². The molecule has 0 saturated carbocycles. The number of para-hydroxylation sites is 3. The van der Waals surface area contributed by atoms with Gasteiger partial charge in [0.15, 0.2) is 0 Å². The molecule has 236 valence electrons. The van der Waals surface area contributed by atoms with Crippen molar-refractivity contribution in [3.05, 3.63) is 206 Å². The summed E-state index contributed by atoms with van der Waals surface area (Å²) in [5.41, 5.74) is 8.97. The number of nitrogens with zero attached hydrogens (tertiary/aromatic N) is 2. The molecule has 0 aromatic heterocycles. The van der Waals surface area contributed by atoms with Crippen molar-refractivity contribution >= 4 is 66.4 Å². The summed E-state index contributed by atoms with van der Waals surface area (Å²) in [4.78, 5) is 4.66. The first-order chi connectivity index (χ1) is 24.8. The molecule has 0 aliphatic heterocycles. The van der Waals surface area contributed by atoms with E-state index in [0.29, 0.717) is 0 Å². The van der Waals surface area contributed by atoms with Crippen LogP contribution in [0.5, 0.6) is 0 Å². The summed E-state index contributed by atoms with van der Waals surface area (Å²) in [7, 11) is 0. The van der Waals surface area contributed by atoms with E-state index in [0.717, 1.165) is 34.1 Å². The predicted octanol–water partition coefficient (Wildman–Crippen LogP) is 13.8. The Morgan fingerprint density at radius 3 is 1.26 bits per heavy atom. The zero-order valence-electron chi connectivity index (χ0n) is 27.5. The van der Waals surface area contributed by atoms with Gasteiger partial charge in [-0.1, -0.05) is 133 Å². The summed E-state index contributed by atoms with van der Waals surface area (Å²) in [5.74, 6) is 0. The highest BCUT2D eigenvalue weighted by atomic mass is 15.2. The topological polar surface area (TPSA) is 6.48 Å². The Balaban J connectivity index is 1.17. The van der Waals surface area contributed by atoms with Crippen LogP contribution >= 0.6 is 0 Å². The van der Waals surface area contributed by atoms with Gasteiger partial charge in [-0.3, -0.25) is 0 Å². The molecule has 0 fully saturated rings. The SMILES string of the molecule is c1ccc(N(c2ccccc2)c2cccc(N(c3ccccc3)c3cccc(-c4ccc5ccc6c7ccccc7ccc6c5c4)c3)c2)cc1.